The molecule has 4 heterocycles. The molecule has 0 aromatic carbocycles. The van der Waals surface area contributed by atoms with Crippen LogP contribution in [0.4, 0.5) is 0 Å². The summed E-state index contributed by atoms with van der Waals surface area (Å²) in [6, 6.07) is 0. The maximum absolute atomic E-state index is 12.5. The second kappa shape index (κ2) is 8.39. The molecular weight excluding hydrogens is 352 g/mol. The van der Waals surface area contributed by atoms with Gasteiger partial charge >= 0.3 is 0 Å². The quantitative estimate of drug-likeness (QED) is 0.829. The van der Waals surface area contributed by atoms with Crippen LogP contribution >= 0.6 is 0 Å². The minimum Gasteiger partial charge on any atom is -0.348 e. The van der Waals surface area contributed by atoms with E-state index < -0.39 is 0 Å². The number of hydrogen-bond donors (Lipinski definition) is 1. The first-order valence-electron chi connectivity index (χ1n) is 10.4. The Hall–Kier alpha value is -2.28. The second-order valence-electron chi connectivity index (χ2n) is 8.32. The van der Waals surface area contributed by atoms with Gasteiger partial charge in [-0.2, -0.15) is 0 Å². The van der Waals surface area contributed by atoms with E-state index in [1.807, 2.05) is 18.6 Å². The zero-order valence-electron chi connectivity index (χ0n) is 16.7. The SMILES string of the molecule is CCc1ncc(CN2CCCC3(CCC(=O)N(CCc4cnc[nH]4)C3)C2)cn1. The number of H-pyrrole nitrogens is 1. The number of aryl methyl sites for hydroxylation is 1. The Kier molecular flexibility index (Phi) is 5.71. The molecule has 0 aliphatic carbocycles. The van der Waals surface area contributed by atoms with Crippen molar-refractivity contribution in [1.29, 1.82) is 0 Å². The van der Waals surface area contributed by atoms with Crippen molar-refractivity contribution in [3.63, 3.8) is 0 Å². The lowest BCUT2D eigenvalue weighted by atomic mass is 9.73. The molecule has 2 aliphatic rings. The van der Waals surface area contributed by atoms with Crippen LogP contribution in [0.3, 0.4) is 0 Å². The topological polar surface area (TPSA) is 78.0 Å². The van der Waals surface area contributed by atoms with Gasteiger partial charge in [-0.3, -0.25) is 9.69 Å². The van der Waals surface area contributed by atoms with Crippen molar-refractivity contribution >= 4 is 5.91 Å². The number of piperidine rings is 2. The summed E-state index contributed by atoms with van der Waals surface area (Å²) in [5.74, 6) is 1.20. The summed E-state index contributed by atoms with van der Waals surface area (Å²) < 4.78 is 0. The lowest BCUT2D eigenvalue weighted by molar-refractivity contribution is -0.139. The van der Waals surface area contributed by atoms with Gasteiger partial charge in [0.1, 0.15) is 5.82 Å². The van der Waals surface area contributed by atoms with Gasteiger partial charge in [0.2, 0.25) is 5.91 Å². The van der Waals surface area contributed by atoms with E-state index >= 15 is 0 Å². The highest BCUT2D eigenvalue weighted by Gasteiger charge is 2.41. The molecule has 0 radical (unpaired) electrons. The van der Waals surface area contributed by atoms with Crippen LogP contribution in [-0.2, 0) is 24.2 Å². The summed E-state index contributed by atoms with van der Waals surface area (Å²) in [6.45, 7) is 6.78. The van der Waals surface area contributed by atoms with Crippen LogP contribution < -0.4 is 0 Å². The molecule has 2 saturated heterocycles. The smallest absolute Gasteiger partial charge is 0.222 e. The highest BCUT2D eigenvalue weighted by Crippen LogP contribution is 2.39. The van der Waals surface area contributed by atoms with E-state index in [9.17, 15) is 4.79 Å². The van der Waals surface area contributed by atoms with E-state index in [0.29, 0.717) is 12.3 Å². The molecule has 7 nitrogen and oxygen atoms in total. The van der Waals surface area contributed by atoms with Crippen LogP contribution in [0.1, 0.15) is 49.7 Å². The number of likely N-dealkylation sites (tertiary alicyclic amines) is 2. The van der Waals surface area contributed by atoms with Gasteiger partial charge in [-0.25, -0.2) is 15.0 Å². The molecule has 4 rings (SSSR count). The average molecular weight is 383 g/mol. The summed E-state index contributed by atoms with van der Waals surface area (Å²) in [6.07, 6.45) is 13.3. The molecule has 2 aromatic rings. The molecule has 7 heteroatoms. The second-order valence-corrected chi connectivity index (χ2v) is 8.32. The van der Waals surface area contributed by atoms with Gasteiger partial charge in [0.05, 0.1) is 6.33 Å². The molecule has 0 saturated carbocycles. The van der Waals surface area contributed by atoms with E-state index in [4.69, 9.17) is 0 Å². The Labute approximate surface area is 166 Å². The largest absolute Gasteiger partial charge is 0.348 e. The van der Waals surface area contributed by atoms with Crippen molar-refractivity contribution in [2.24, 2.45) is 5.41 Å². The fraction of sp³-hybridized carbons (Fsp3) is 0.619. The lowest BCUT2D eigenvalue weighted by Crippen LogP contribution is -2.54. The van der Waals surface area contributed by atoms with Crippen molar-refractivity contribution in [3.8, 4) is 0 Å². The fourth-order valence-corrected chi connectivity index (χ4v) is 4.67. The van der Waals surface area contributed by atoms with Crippen molar-refractivity contribution in [3.05, 3.63) is 42.0 Å². The van der Waals surface area contributed by atoms with Crippen molar-refractivity contribution in [1.82, 2.24) is 29.7 Å². The number of amides is 1. The van der Waals surface area contributed by atoms with Gasteiger partial charge in [0, 0.05) is 80.7 Å². The number of carbonyl (C=O) groups is 1. The van der Waals surface area contributed by atoms with Gasteiger partial charge in [0.15, 0.2) is 0 Å². The van der Waals surface area contributed by atoms with Gasteiger partial charge in [-0.15, -0.1) is 0 Å². The maximum atomic E-state index is 12.5. The minimum absolute atomic E-state index is 0.227. The number of rotatable bonds is 6. The summed E-state index contributed by atoms with van der Waals surface area (Å²) in [4.78, 5) is 33.2. The zero-order chi connectivity index (χ0) is 19.4. The summed E-state index contributed by atoms with van der Waals surface area (Å²) in [7, 11) is 0. The fourth-order valence-electron chi connectivity index (χ4n) is 4.67. The monoisotopic (exact) mass is 382 g/mol. The Balaban J connectivity index is 1.37. The van der Waals surface area contributed by atoms with Gasteiger partial charge in [-0.1, -0.05) is 6.92 Å². The van der Waals surface area contributed by atoms with Crippen molar-refractivity contribution in [2.75, 3.05) is 26.2 Å². The standard InChI is InChI=1S/C21H30N6O/c1-2-19-23-10-17(11-24-19)13-26-8-3-6-21(14-26)7-4-20(28)27(15-21)9-5-18-12-22-16-25-18/h10-12,16H,2-9,13-15H2,1H3,(H,22,25). The van der Waals surface area contributed by atoms with Gasteiger partial charge in [-0.05, 0) is 25.8 Å². The van der Waals surface area contributed by atoms with E-state index in [1.54, 1.807) is 6.33 Å². The third-order valence-electron chi connectivity index (χ3n) is 6.18. The molecule has 1 amide bonds. The molecular formula is C21H30N6O. The maximum Gasteiger partial charge on any atom is 0.222 e. The van der Waals surface area contributed by atoms with Crippen LogP contribution in [0, 0.1) is 5.41 Å². The third-order valence-corrected chi connectivity index (χ3v) is 6.18. The van der Waals surface area contributed by atoms with Crippen LogP contribution in [0.2, 0.25) is 0 Å². The Bertz CT molecular complexity index is 775. The molecule has 150 valence electrons. The number of carbonyl (C=O) groups excluding carboxylic acids is 1. The first-order valence-corrected chi connectivity index (χ1v) is 10.4. The van der Waals surface area contributed by atoms with Gasteiger partial charge in [0.25, 0.3) is 0 Å². The van der Waals surface area contributed by atoms with Crippen molar-refractivity contribution < 1.29 is 4.79 Å². The van der Waals surface area contributed by atoms with E-state index in [-0.39, 0.29) is 5.41 Å². The summed E-state index contributed by atoms with van der Waals surface area (Å²) in [5, 5.41) is 0. The van der Waals surface area contributed by atoms with Crippen LogP contribution in [-0.4, -0.2) is 61.8 Å². The molecule has 28 heavy (non-hydrogen) atoms. The molecule has 0 bridgehead atoms. The summed E-state index contributed by atoms with van der Waals surface area (Å²) in [5.41, 5.74) is 2.50. The molecule has 2 aliphatic heterocycles. The third kappa shape index (κ3) is 4.41. The first-order chi connectivity index (χ1) is 13.7. The number of nitrogens with zero attached hydrogens (tertiary/aromatic N) is 5. The first kappa shape index (κ1) is 19.1. The molecule has 2 aromatic heterocycles. The van der Waals surface area contributed by atoms with Crippen LogP contribution in [0.5, 0.6) is 0 Å². The molecule has 2 fully saturated rings. The highest BCUT2D eigenvalue weighted by atomic mass is 16.2. The Morgan fingerprint density at radius 3 is 2.79 bits per heavy atom. The van der Waals surface area contributed by atoms with E-state index in [0.717, 1.165) is 63.5 Å². The van der Waals surface area contributed by atoms with Crippen LogP contribution in [0.25, 0.3) is 0 Å². The van der Waals surface area contributed by atoms with Gasteiger partial charge < -0.3 is 9.88 Å². The molecule has 1 unspecified atom stereocenters. The number of aromatic nitrogens is 4. The normalized spacial score (nSPS) is 23.5. The lowest BCUT2D eigenvalue weighted by Gasteiger charge is -2.48. The summed E-state index contributed by atoms with van der Waals surface area (Å²) >= 11 is 0. The molecule has 1 atom stereocenters. The highest BCUT2D eigenvalue weighted by molar-refractivity contribution is 5.77. The number of imidazole rings is 1. The molecule has 1 N–H and O–H groups in total. The number of nitrogens with one attached hydrogen (secondary N) is 1. The predicted molar refractivity (Wildman–Crippen MR) is 106 cm³/mol. The molecule has 1 spiro atoms. The van der Waals surface area contributed by atoms with Crippen LogP contribution in [0.15, 0.2) is 24.9 Å². The number of hydrogen-bond acceptors (Lipinski definition) is 5. The van der Waals surface area contributed by atoms with E-state index in [2.05, 4.69) is 36.7 Å². The zero-order valence-corrected chi connectivity index (χ0v) is 16.7. The number of aromatic amines is 1. The Morgan fingerprint density at radius 2 is 2.04 bits per heavy atom. The predicted octanol–water partition coefficient (Wildman–Crippen LogP) is 2.21. The average Bonchev–Trinajstić information content (AvgIpc) is 3.23. The minimum atomic E-state index is 0.227. The van der Waals surface area contributed by atoms with Crippen molar-refractivity contribution in [2.45, 2.75) is 52.0 Å². The van der Waals surface area contributed by atoms with E-state index in [1.165, 1.54) is 18.4 Å². The Morgan fingerprint density at radius 1 is 1.18 bits per heavy atom.